The van der Waals surface area contributed by atoms with E-state index in [4.69, 9.17) is 27.9 Å². The number of hydrogen-bond acceptors (Lipinski definition) is 4. The number of ether oxygens (including phenoxy) is 1. The average Bonchev–Trinajstić information content (AvgIpc) is 2.52. The molecule has 0 aliphatic carbocycles. The Hall–Kier alpha value is -1.34. The molecule has 0 aliphatic rings. The average molecular weight is 362 g/mol. The number of halogens is 2. The molecule has 1 rings (SSSR count). The van der Waals surface area contributed by atoms with Crippen molar-refractivity contribution in [2.45, 2.75) is 6.92 Å². The van der Waals surface area contributed by atoms with Gasteiger partial charge in [-0.25, -0.2) is 0 Å². The zero-order chi connectivity index (χ0) is 17.2. The SMILES string of the molecule is CCN(CC(=O)Nc1c(Cl)cccc1Cl)C(=O)CNCCOC. The smallest absolute Gasteiger partial charge is 0.244 e. The van der Waals surface area contributed by atoms with Crippen molar-refractivity contribution >= 4 is 40.7 Å². The van der Waals surface area contributed by atoms with Crippen LogP contribution in [0.4, 0.5) is 5.69 Å². The van der Waals surface area contributed by atoms with E-state index in [9.17, 15) is 9.59 Å². The predicted molar refractivity (Wildman–Crippen MR) is 92.1 cm³/mol. The number of likely N-dealkylation sites (N-methyl/N-ethyl adjacent to an activating group) is 1. The Morgan fingerprint density at radius 3 is 2.48 bits per heavy atom. The monoisotopic (exact) mass is 361 g/mol. The van der Waals surface area contributed by atoms with Gasteiger partial charge in [0.05, 0.1) is 35.4 Å². The number of nitrogens with zero attached hydrogens (tertiary/aromatic N) is 1. The maximum Gasteiger partial charge on any atom is 0.244 e. The van der Waals surface area contributed by atoms with Gasteiger partial charge < -0.3 is 20.3 Å². The van der Waals surface area contributed by atoms with Crippen LogP contribution >= 0.6 is 23.2 Å². The van der Waals surface area contributed by atoms with Crippen molar-refractivity contribution < 1.29 is 14.3 Å². The molecule has 0 saturated heterocycles. The van der Waals surface area contributed by atoms with Crippen LogP contribution in [-0.4, -0.2) is 56.6 Å². The molecule has 0 atom stereocenters. The summed E-state index contributed by atoms with van der Waals surface area (Å²) in [6.07, 6.45) is 0. The van der Waals surface area contributed by atoms with Gasteiger partial charge in [0.1, 0.15) is 0 Å². The molecule has 2 N–H and O–H groups in total. The van der Waals surface area contributed by atoms with Crippen LogP contribution in [0.25, 0.3) is 0 Å². The summed E-state index contributed by atoms with van der Waals surface area (Å²) < 4.78 is 4.89. The number of amides is 2. The van der Waals surface area contributed by atoms with E-state index in [2.05, 4.69) is 10.6 Å². The van der Waals surface area contributed by atoms with Crippen molar-refractivity contribution in [3.8, 4) is 0 Å². The molecule has 0 radical (unpaired) electrons. The van der Waals surface area contributed by atoms with Crippen LogP contribution in [0.15, 0.2) is 18.2 Å². The summed E-state index contributed by atoms with van der Waals surface area (Å²) in [6.45, 7) is 3.41. The highest BCUT2D eigenvalue weighted by Gasteiger charge is 2.16. The lowest BCUT2D eigenvalue weighted by atomic mass is 10.3. The van der Waals surface area contributed by atoms with E-state index >= 15 is 0 Å². The van der Waals surface area contributed by atoms with E-state index in [0.29, 0.717) is 35.4 Å². The highest BCUT2D eigenvalue weighted by Crippen LogP contribution is 2.29. The molecular weight excluding hydrogens is 341 g/mol. The number of anilines is 1. The van der Waals surface area contributed by atoms with Gasteiger partial charge in [-0.15, -0.1) is 0 Å². The van der Waals surface area contributed by atoms with Crippen LogP contribution < -0.4 is 10.6 Å². The van der Waals surface area contributed by atoms with Gasteiger partial charge in [0.25, 0.3) is 0 Å². The van der Waals surface area contributed by atoms with E-state index in [1.54, 1.807) is 25.3 Å². The summed E-state index contributed by atoms with van der Waals surface area (Å²) in [6, 6.07) is 4.95. The molecule has 2 amide bonds. The van der Waals surface area contributed by atoms with Gasteiger partial charge in [-0.05, 0) is 19.1 Å². The van der Waals surface area contributed by atoms with Gasteiger partial charge in [0, 0.05) is 20.2 Å². The van der Waals surface area contributed by atoms with E-state index in [-0.39, 0.29) is 24.9 Å². The molecule has 0 unspecified atom stereocenters. The fraction of sp³-hybridized carbons (Fsp3) is 0.467. The second kappa shape index (κ2) is 10.4. The lowest BCUT2D eigenvalue weighted by Crippen LogP contribution is -2.42. The second-order valence-corrected chi connectivity index (χ2v) is 5.54. The summed E-state index contributed by atoms with van der Waals surface area (Å²) in [5.41, 5.74) is 0.350. The fourth-order valence-corrected chi connectivity index (χ4v) is 2.32. The van der Waals surface area contributed by atoms with Gasteiger partial charge >= 0.3 is 0 Å². The van der Waals surface area contributed by atoms with Crippen LogP contribution in [0.1, 0.15) is 6.92 Å². The second-order valence-electron chi connectivity index (χ2n) is 4.72. The largest absolute Gasteiger partial charge is 0.383 e. The first-order valence-corrected chi connectivity index (χ1v) is 7.96. The van der Waals surface area contributed by atoms with Gasteiger partial charge in [-0.3, -0.25) is 9.59 Å². The maximum absolute atomic E-state index is 12.1. The molecule has 0 spiro atoms. The van der Waals surface area contributed by atoms with Crippen LogP contribution in [0.2, 0.25) is 10.0 Å². The van der Waals surface area contributed by atoms with Crippen LogP contribution in [0.3, 0.4) is 0 Å². The van der Waals surface area contributed by atoms with Crippen molar-refractivity contribution in [3.63, 3.8) is 0 Å². The van der Waals surface area contributed by atoms with Crippen molar-refractivity contribution in [2.75, 3.05) is 45.2 Å². The first-order valence-electron chi connectivity index (χ1n) is 7.20. The van der Waals surface area contributed by atoms with Crippen LogP contribution in [0, 0.1) is 0 Å². The van der Waals surface area contributed by atoms with E-state index in [1.165, 1.54) is 4.90 Å². The third-order valence-electron chi connectivity index (χ3n) is 3.06. The molecule has 1 aromatic carbocycles. The molecule has 1 aromatic rings. The first kappa shape index (κ1) is 19.7. The van der Waals surface area contributed by atoms with Crippen molar-refractivity contribution in [2.24, 2.45) is 0 Å². The summed E-state index contributed by atoms with van der Waals surface area (Å²) in [5.74, 6) is -0.517. The molecule has 0 bridgehead atoms. The van der Waals surface area contributed by atoms with Gasteiger partial charge in [0.15, 0.2) is 0 Å². The van der Waals surface area contributed by atoms with Crippen LogP contribution in [-0.2, 0) is 14.3 Å². The zero-order valence-electron chi connectivity index (χ0n) is 13.2. The number of nitrogens with one attached hydrogen (secondary N) is 2. The molecule has 23 heavy (non-hydrogen) atoms. The highest BCUT2D eigenvalue weighted by molar-refractivity contribution is 6.39. The lowest BCUT2D eigenvalue weighted by molar-refractivity contribution is -0.133. The Kier molecular flexibility index (Phi) is 8.94. The third-order valence-corrected chi connectivity index (χ3v) is 3.69. The molecule has 0 aliphatic heterocycles. The summed E-state index contributed by atoms with van der Waals surface area (Å²) in [4.78, 5) is 25.6. The number of hydrogen-bond donors (Lipinski definition) is 2. The van der Waals surface area contributed by atoms with E-state index < -0.39 is 0 Å². The summed E-state index contributed by atoms with van der Waals surface area (Å²) >= 11 is 12.0. The minimum atomic E-state index is -0.355. The Balaban J connectivity index is 2.54. The third kappa shape index (κ3) is 6.74. The number of carbonyl (C=O) groups is 2. The zero-order valence-corrected chi connectivity index (χ0v) is 14.7. The molecule has 128 valence electrons. The Bertz CT molecular complexity index is 520. The Morgan fingerprint density at radius 1 is 1.26 bits per heavy atom. The fourth-order valence-electron chi connectivity index (χ4n) is 1.83. The van der Waals surface area contributed by atoms with Gasteiger partial charge in [-0.2, -0.15) is 0 Å². The van der Waals surface area contributed by atoms with Crippen molar-refractivity contribution in [3.05, 3.63) is 28.2 Å². The first-order chi connectivity index (χ1) is 11.0. The molecule has 0 heterocycles. The molecule has 8 heteroatoms. The molecule has 0 saturated carbocycles. The highest BCUT2D eigenvalue weighted by atomic mass is 35.5. The minimum Gasteiger partial charge on any atom is -0.383 e. The number of methoxy groups -OCH3 is 1. The lowest BCUT2D eigenvalue weighted by Gasteiger charge is -2.21. The summed E-state index contributed by atoms with van der Waals surface area (Å²) in [7, 11) is 1.59. The van der Waals surface area contributed by atoms with Gasteiger partial charge in [-0.1, -0.05) is 29.3 Å². The van der Waals surface area contributed by atoms with Crippen LogP contribution in [0.5, 0.6) is 0 Å². The number of para-hydroxylation sites is 1. The maximum atomic E-state index is 12.1. The standard InChI is InChI=1S/C15H21Cl2N3O3/c1-3-20(14(22)9-18-7-8-23-2)10-13(21)19-15-11(16)5-4-6-12(15)17/h4-6,18H,3,7-10H2,1-2H3,(H,19,21). The topological polar surface area (TPSA) is 70.7 Å². The van der Waals surface area contributed by atoms with Gasteiger partial charge in [0.2, 0.25) is 11.8 Å². The van der Waals surface area contributed by atoms with E-state index in [0.717, 1.165) is 0 Å². The normalized spacial score (nSPS) is 10.4. The summed E-state index contributed by atoms with van der Waals surface area (Å²) in [5, 5.41) is 6.29. The Labute approximate surface area is 146 Å². The Morgan fingerprint density at radius 2 is 1.91 bits per heavy atom. The molecule has 0 aromatic heterocycles. The van der Waals surface area contributed by atoms with Crippen molar-refractivity contribution in [1.82, 2.24) is 10.2 Å². The van der Waals surface area contributed by atoms with E-state index in [1.807, 2.05) is 6.92 Å². The molecule has 0 fully saturated rings. The predicted octanol–water partition coefficient (Wildman–Crippen LogP) is 2.02. The number of rotatable bonds is 9. The number of benzene rings is 1. The quantitative estimate of drug-likeness (QED) is 0.660. The minimum absolute atomic E-state index is 0.0666. The molecule has 6 nitrogen and oxygen atoms in total. The molecular formula is C15H21Cl2N3O3. The number of carbonyl (C=O) groups excluding carboxylic acids is 2. The van der Waals surface area contributed by atoms with Crippen molar-refractivity contribution in [1.29, 1.82) is 0 Å².